The lowest BCUT2D eigenvalue weighted by Crippen LogP contribution is -2.45. The Kier molecular flexibility index (Phi) is 8.04. The Hall–Kier alpha value is -3.69. The third-order valence-corrected chi connectivity index (χ3v) is 6.45. The fraction of sp³-hybridized carbons (Fsp3) is 0.200. The first kappa shape index (κ1) is 24.9. The molecule has 3 aromatic carbocycles. The van der Waals surface area contributed by atoms with Gasteiger partial charge in [0.15, 0.2) is 0 Å². The van der Waals surface area contributed by atoms with Gasteiger partial charge in [-0.2, -0.15) is 4.72 Å². The summed E-state index contributed by atoms with van der Waals surface area (Å²) in [5.74, 6) is -0.607. The third kappa shape index (κ3) is 6.66. The average Bonchev–Trinajstić information content (AvgIpc) is 2.79. The van der Waals surface area contributed by atoms with Gasteiger partial charge < -0.3 is 15.4 Å². The number of amides is 2. The molecule has 0 unspecified atom stereocenters. The largest absolute Gasteiger partial charge is 0.495 e. The van der Waals surface area contributed by atoms with Gasteiger partial charge >= 0.3 is 0 Å². The Morgan fingerprint density at radius 3 is 2.24 bits per heavy atom. The Morgan fingerprint density at radius 1 is 0.912 bits per heavy atom. The van der Waals surface area contributed by atoms with Crippen LogP contribution in [0, 0.1) is 6.92 Å². The molecule has 3 aromatic rings. The molecule has 3 rings (SSSR count). The first-order chi connectivity index (χ1) is 16.2. The number of ether oxygens (including phenoxy) is 1. The maximum absolute atomic E-state index is 13.3. The van der Waals surface area contributed by atoms with E-state index in [1.54, 1.807) is 43.3 Å². The quantitative estimate of drug-likeness (QED) is 0.433. The summed E-state index contributed by atoms with van der Waals surface area (Å²) in [4.78, 5) is 24.5. The monoisotopic (exact) mass is 481 g/mol. The van der Waals surface area contributed by atoms with Crippen molar-refractivity contribution in [2.24, 2.45) is 0 Å². The molecule has 0 fully saturated rings. The molecule has 0 aliphatic heterocycles. The van der Waals surface area contributed by atoms with Crippen molar-refractivity contribution in [3.63, 3.8) is 0 Å². The van der Waals surface area contributed by atoms with Crippen LogP contribution in [-0.2, 0) is 26.0 Å². The van der Waals surface area contributed by atoms with Gasteiger partial charge in [-0.15, -0.1) is 0 Å². The van der Waals surface area contributed by atoms with E-state index in [-0.39, 0.29) is 23.0 Å². The van der Waals surface area contributed by atoms with Crippen LogP contribution in [0.1, 0.15) is 18.1 Å². The number of anilines is 2. The number of hydrogen-bond donors (Lipinski definition) is 3. The van der Waals surface area contributed by atoms with Crippen molar-refractivity contribution in [1.82, 2.24) is 4.72 Å². The number of carbonyl (C=O) groups is 2. The van der Waals surface area contributed by atoms with Crippen LogP contribution >= 0.6 is 0 Å². The normalized spacial score (nSPS) is 12.0. The van der Waals surface area contributed by atoms with Gasteiger partial charge in [-0.3, -0.25) is 9.59 Å². The van der Waals surface area contributed by atoms with E-state index >= 15 is 0 Å². The van der Waals surface area contributed by atoms with Crippen LogP contribution in [0.4, 0.5) is 11.4 Å². The zero-order chi connectivity index (χ0) is 24.7. The lowest BCUT2D eigenvalue weighted by Gasteiger charge is -2.20. The molecule has 0 saturated heterocycles. The molecular formula is C25H27N3O5S. The van der Waals surface area contributed by atoms with E-state index in [1.807, 2.05) is 30.3 Å². The van der Waals surface area contributed by atoms with Crippen LogP contribution in [0.15, 0.2) is 77.7 Å². The lowest BCUT2D eigenvalue weighted by molar-refractivity contribution is -0.117. The minimum atomic E-state index is -4.10. The molecule has 8 nitrogen and oxygen atoms in total. The fourth-order valence-electron chi connectivity index (χ4n) is 3.39. The van der Waals surface area contributed by atoms with Crippen molar-refractivity contribution in [3.8, 4) is 5.75 Å². The standard InChI is InChI=1S/C25H27N3O5S/c1-17-12-13-23(33-3)24(14-17)34(31,32)28-22(15-19-8-5-4-6-9-19)25(30)27-21-11-7-10-20(16-21)26-18(2)29/h4-14,16,22,28H,15H2,1-3H3,(H,26,29)(H,27,30)/t22-/m1/s1. The predicted molar refractivity (Wildman–Crippen MR) is 131 cm³/mol. The molecule has 9 heteroatoms. The molecule has 0 radical (unpaired) electrons. The van der Waals surface area contributed by atoms with Gasteiger partial charge in [0.05, 0.1) is 7.11 Å². The summed E-state index contributed by atoms with van der Waals surface area (Å²) in [7, 11) is -2.71. The maximum Gasteiger partial charge on any atom is 0.245 e. The van der Waals surface area contributed by atoms with E-state index in [9.17, 15) is 18.0 Å². The number of nitrogens with one attached hydrogen (secondary N) is 3. The molecule has 2 amide bonds. The third-order valence-electron chi connectivity index (χ3n) is 4.96. The van der Waals surface area contributed by atoms with Crippen molar-refractivity contribution < 1.29 is 22.7 Å². The summed E-state index contributed by atoms with van der Waals surface area (Å²) in [5.41, 5.74) is 2.45. The maximum atomic E-state index is 13.3. The van der Waals surface area contributed by atoms with Crippen molar-refractivity contribution >= 4 is 33.2 Å². The Labute approximate surface area is 199 Å². The van der Waals surface area contributed by atoms with Gasteiger partial charge in [0.1, 0.15) is 16.7 Å². The van der Waals surface area contributed by atoms with Crippen LogP contribution < -0.4 is 20.1 Å². The number of carbonyl (C=O) groups excluding carboxylic acids is 2. The molecular weight excluding hydrogens is 454 g/mol. The van der Waals surface area contributed by atoms with Gasteiger partial charge in [-0.25, -0.2) is 8.42 Å². The van der Waals surface area contributed by atoms with Gasteiger partial charge in [-0.05, 0) is 54.8 Å². The van der Waals surface area contributed by atoms with Crippen molar-refractivity contribution in [2.45, 2.75) is 31.2 Å². The highest BCUT2D eigenvalue weighted by Gasteiger charge is 2.28. The molecule has 0 spiro atoms. The second-order valence-electron chi connectivity index (χ2n) is 7.77. The zero-order valence-corrected chi connectivity index (χ0v) is 20.0. The predicted octanol–water partition coefficient (Wildman–Crippen LogP) is 3.49. The highest BCUT2D eigenvalue weighted by Crippen LogP contribution is 2.25. The van der Waals surface area contributed by atoms with E-state index < -0.39 is 22.0 Å². The van der Waals surface area contributed by atoms with Crippen LogP contribution in [0.2, 0.25) is 0 Å². The highest BCUT2D eigenvalue weighted by molar-refractivity contribution is 7.89. The summed E-state index contributed by atoms with van der Waals surface area (Å²) < 4.78 is 34.3. The first-order valence-corrected chi connectivity index (χ1v) is 12.1. The van der Waals surface area contributed by atoms with Crippen LogP contribution in [0.25, 0.3) is 0 Å². The smallest absolute Gasteiger partial charge is 0.245 e. The molecule has 3 N–H and O–H groups in total. The Balaban J connectivity index is 1.90. The highest BCUT2D eigenvalue weighted by atomic mass is 32.2. The van der Waals surface area contributed by atoms with Crippen LogP contribution in [0.5, 0.6) is 5.75 Å². The van der Waals surface area contributed by atoms with Crippen LogP contribution in [0.3, 0.4) is 0 Å². The van der Waals surface area contributed by atoms with Crippen molar-refractivity contribution in [3.05, 3.63) is 83.9 Å². The summed E-state index contributed by atoms with van der Waals surface area (Å²) >= 11 is 0. The zero-order valence-electron chi connectivity index (χ0n) is 19.2. The average molecular weight is 482 g/mol. The molecule has 0 aliphatic carbocycles. The SMILES string of the molecule is COc1ccc(C)cc1S(=O)(=O)N[C@H](Cc1ccccc1)C(=O)Nc1cccc(NC(C)=O)c1. The molecule has 0 aliphatic rings. The number of hydrogen-bond acceptors (Lipinski definition) is 5. The molecule has 0 aromatic heterocycles. The minimum absolute atomic E-state index is 0.0477. The Morgan fingerprint density at radius 2 is 1.59 bits per heavy atom. The number of sulfonamides is 1. The van der Waals surface area contributed by atoms with Gasteiger partial charge in [0, 0.05) is 18.3 Å². The van der Waals surface area contributed by atoms with E-state index in [1.165, 1.54) is 20.1 Å². The van der Waals surface area contributed by atoms with Crippen molar-refractivity contribution in [1.29, 1.82) is 0 Å². The minimum Gasteiger partial charge on any atom is -0.495 e. The summed E-state index contributed by atoms with van der Waals surface area (Å²) in [6.45, 7) is 3.16. The topological polar surface area (TPSA) is 114 Å². The first-order valence-electron chi connectivity index (χ1n) is 10.6. The summed E-state index contributed by atoms with van der Waals surface area (Å²) in [6, 6.07) is 19.4. The number of benzene rings is 3. The Bertz CT molecular complexity index is 1280. The number of rotatable bonds is 9. The van der Waals surface area contributed by atoms with E-state index in [0.717, 1.165) is 11.1 Å². The molecule has 178 valence electrons. The van der Waals surface area contributed by atoms with E-state index in [0.29, 0.717) is 11.4 Å². The van der Waals surface area contributed by atoms with E-state index in [2.05, 4.69) is 15.4 Å². The van der Waals surface area contributed by atoms with E-state index in [4.69, 9.17) is 4.74 Å². The molecule has 0 saturated carbocycles. The molecule has 0 bridgehead atoms. The van der Waals surface area contributed by atoms with Crippen LogP contribution in [-0.4, -0.2) is 33.4 Å². The molecule has 1 atom stereocenters. The second-order valence-corrected chi connectivity index (χ2v) is 9.45. The summed E-state index contributed by atoms with van der Waals surface area (Å²) in [5, 5.41) is 5.39. The van der Waals surface area contributed by atoms with Gasteiger partial charge in [-0.1, -0.05) is 42.5 Å². The second kappa shape index (κ2) is 11.0. The number of aryl methyl sites for hydroxylation is 1. The lowest BCUT2D eigenvalue weighted by atomic mass is 10.1. The summed E-state index contributed by atoms with van der Waals surface area (Å²) in [6.07, 6.45) is 0.130. The van der Waals surface area contributed by atoms with Crippen molar-refractivity contribution in [2.75, 3.05) is 17.7 Å². The van der Waals surface area contributed by atoms with Gasteiger partial charge in [0.25, 0.3) is 0 Å². The number of methoxy groups -OCH3 is 1. The molecule has 34 heavy (non-hydrogen) atoms. The van der Waals surface area contributed by atoms with Gasteiger partial charge in [0.2, 0.25) is 21.8 Å². The molecule has 0 heterocycles. The fourth-order valence-corrected chi connectivity index (χ4v) is 4.84.